The number of aryl methyl sites for hydroxylation is 1. The second-order valence-electron chi connectivity index (χ2n) is 8.98. The van der Waals surface area contributed by atoms with Crippen LogP contribution in [-0.4, -0.2) is 63.9 Å². The highest BCUT2D eigenvalue weighted by Gasteiger charge is 2.19. The van der Waals surface area contributed by atoms with Crippen LogP contribution in [0.5, 0.6) is 5.75 Å². The number of non-ortho nitro benzene ring substituents is 1. The Morgan fingerprint density at radius 1 is 1.24 bits per heavy atom. The summed E-state index contributed by atoms with van der Waals surface area (Å²) < 4.78 is 5.99. The molecule has 1 amide bonds. The van der Waals surface area contributed by atoms with Gasteiger partial charge in [0.05, 0.1) is 4.92 Å². The highest BCUT2D eigenvalue weighted by molar-refractivity contribution is 6.28. The van der Waals surface area contributed by atoms with Gasteiger partial charge in [0.2, 0.25) is 5.28 Å². The number of ether oxygens (including phenoxy) is 1. The number of likely N-dealkylation sites (tertiary alicyclic amines) is 1. The molecule has 0 atom stereocenters. The van der Waals surface area contributed by atoms with Crippen LogP contribution in [-0.2, 0) is 6.54 Å². The van der Waals surface area contributed by atoms with Crippen LogP contribution in [0.2, 0.25) is 5.28 Å². The van der Waals surface area contributed by atoms with Gasteiger partial charge < -0.3 is 15.0 Å². The number of rotatable bonds is 10. The van der Waals surface area contributed by atoms with Crippen molar-refractivity contribution in [2.45, 2.75) is 26.3 Å². The normalized spacial score (nSPS) is 13.4. The van der Waals surface area contributed by atoms with Crippen molar-refractivity contribution in [1.29, 1.82) is 0 Å². The molecule has 0 spiro atoms. The Morgan fingerprint density at radius 3 is 2.78 bits per heavy atom. The molecule has 1 aromatic heterocycles. The van der Waals surface area contributed by atoms with E-state index in [1.165, 1.54) is 29.9 Å². The van der Waals surface area contributed by atoms with Gasteiger partial charge in [-0.15, -0.1) is 0 Å². The van der Waals surface area contributed by atoms with E-state index in [2.05, 4.69) is 20.2 Å². The van der Waals surface area contributed by atoms with E-state index in [9.17, 15) is 14.9 Å². The predicted octanol–water partition coefficient (Wildman–Crippen LogP) is 4.84. The first-order valence-electron chi connectivity index (χ1n) is 12.0. The summed E-state index contributed by atoms with van der Waals surface area (Å²) in [5, 5.41) is 14.7. The number of amides is 1. The predicted molar refractivity (Wildman–Crippen MR) is 142 cm³/mol. The van der Waals surface area contributed by atoms with E-state index in [0.29, 0.717) is 35.0 Å². The summed E-state index contributed by atoms with van der Waals surface area (Å²) in [6, 6.07) is 11.5. The van der Waals surface area contributed by atoms with Gasteiger partial charge in [-0.25, -0.2) is 9.97 Å². The van der Waals surface area contributed by atoms with Crippen LogP contribution in [0.25, 0.3) is 0 Å². The summed E-state index contributed by atoms with van der Waals surface area (Å²) in [5.41, 5.74) is 2.45. The van der Waals surface area contributed by atoms with E-state index in [4.69, 9.17) is 16.3 Å². The third-order valence-electron chi connectivity index (χ3n) is 6.19. The zero-order valence-corrected chi connectivity index (χ0v) is 21.6. The van der Waals surface area contributed by atoms with Crippen molar-refractivity contribution in [3.63, 3.8) is 0 Å². The molecule has 0 radical (unpaired) electrons. The summed E-state index contributed by atoms with van der Waals surface area (Å²) in [5.74, 6) is 0.844. The van der Waals surface area contributed by atoms with Crippen molar-refractivity contribution in [3.05, 3.63) is 80.7 Å². The van der Waals surface area contributed by atoms with Crippen molar-refractivity contribution in [2.24, 2.45) is 0 Å². The maximum Gasteiger partial charge on any atom is 0.270 e. The van der Waals surface area contributed by atoms with Crippen molar-refractivity contribution in [2.75, 3.05) is 38.6 Å². The number of anilines is 2. The fourth-order valence-corrected chi connectivity index (χ4v) is 4.33. The van der Waals surface area contributed by atoms with Gasteiger partial charge in [-0.3, -0.25) is 19.8 Å². The summed E-state index contributed by atoms with van der Waals surface area (Å²) >= 11 is 5.91. The molecule has 10 nitrogen and oxygen atoms in total. The van der Waals surface area contributed by atoms with Gasteiger partial charge in [0.25, 0.3) is 11.6 Å². The van der Waals surface area contributed by atoms with Crippen LogP contribution >= 0.6 is 11.6 Å². The number of nitro groups is 1. The fourth-order valence-electron chi connectivity index (χ4n) is 4.20. The zero-order valence-electron chi connectivity index (χ0n) is 20.8. The average molecular weight is 525 g/mol. The van der Waals surface area contributed by atoms with Crippen LogP contribution in [0.1, 0.15) is 34.3 Å². The third kappa shape index (κ3) is 6.93. The molecule has 194 valence electrons. The van der Waals surface area contributed by atoms with Crippen LogP contribution < -0.4 is 10.1 Å². The largest absolute Gasteiger partial charge is 0.492 e. The summed E-state index contributed by atoms with van der Waals surface area (Å²) in [7, 11) is 1.66. The van der Waals surface area contributed by atoms with Crippen LogP contribution in [0, 0.1) is 17.0 Å². The number of carbonyl (C=O) groups is 1. The minimum absolute atomic E-state index is 0.0483. The van der Waals surface area contributed by atoms with E-state index in [1.807, 2.05) is 13.0 Å². The molecule has 0 bridgehead atoms. The highest BCUT2D eigenvalue weighted by Crippen LogP contribution is 2.27. The molecule has 1 N–H and O–H groups in total. The number of hydrogen-bond donors (Lipinski definition) is 1. The van der Waals surface area contributed by atoms with Crippen molar-refractivity contribution < 1.29 is 14.5 Å². The number of nitro benzene ring substituents is 1. The molecule has 1 aliphatic heterocycles. The van der Waals surface area contributed by atoms with Crippen molar-refractivity contribution in [3.8, 4) is 5.75 Å². The molecule has 1 saturated heterocycles. The van der Waals surface area contributed by atoms with Gasteiger partial charge in [-0.2, -0.15) is 0 Å². The Balaban J connectivity index is 1.47. The van der Waals surface area contributed by atoms with E-state index < -0.39 is 4.92 Å². The lowest BCUT2D eigenvalue weighted by atomic mass is 10.1. The average Bonchev–Trinajstić information content (AvgIpc) is 3.40. The Labute approximate surface area is 220 Å². The molecule has 1 aliphatic rings. The second kappa shape index (κ2) is 12.0. The van der Waals surface area contributed by atoms with Gasteiger partial charge in [0.15, 0.2) is 0 Å². The minimum atomic E-state index is -0.449. The molecule has 11 heteroatoms. The lowest BCUT2D eigenvalue weighted by Gasteiger charge is -2.21. The minimum Gasteiger partial charge on any atom is -0.492 e. The molecule has 0 saturated carbocycles. The Morgan fingerprint density at radius 2 is 2.03 bits per heavy atom. The molecule has 4 rings (SSSR count). The molecule has 0 unspecified atom stereocenters. The fraction of sp³-hybridized carbons (Fsp3) is 0.346. The van der Waals surface area contributed by atoms with Gasteiger partial charge in [-0.05, 0) is 68.7 Å². The molecule has 2 aromatic carbocycles. The smallest absolute Gasteiger partial charge is 0.270 e. The first kappa shape index (κ1) is 26.3. The van der Waals surface area contributed by atoms with Crippen LogP contribution in [0.15, 0.2) is 48.7 Å². The Bertz CT molecular complexity index is 1280. The SMILES string of the molecule is Cc1cnc(Cl)nc1Nc1cccc(C(=O)N(C)Cc2cc([N+](=O)[O-])ccc2OCCN2CCCC2)c1. The van der Waals surface area contributed by atoms with Gasteiger partial charge in [0, 0.05) is 60.8 Å². The maximum absolute atomic E-state index is 13.3. The quantitative estimate of drug-likeness (QED) is 0.228. The molecule has 37 heavy (non-hydrogen) atoms. The molecule has 2 heterocycles. The molecular formula is C26H29ClN6O4. The van der Waals surface area contributed by atoms with Gasteiger partial charge in [0.1, 0.15) is 18.2 Å². The maximum atomic E-state index is 13.3. The molecule has 1 fully saturated rings. The van der Waals surface area contributed by atoms with Crippen LogP contribution in [0.3, 0.4) is 0 Å². The first-order chi connectivity index (χ1) is 17.8. The number of aromatic nitrogens is 2. The molecular weight excluding hydrogens is 496 g/mol. The van der Waals surface area contributed by atoms with Gasteiger partial charge in [-0.1, -0.05) is 6.07 Å². The van der Waals surface area contributed by atoms with E-state index in [1.54, 1.807) is 37.5 Å². The van der Waals surface area contributed by atoms with Crippen molar-refractivity contribution >= 4 is 34.7 Å². The monoisotopic (exact) mass is 524 g/mol. The van der Waals surface area contributed by atoms with E-state index in [-0.39, 0.29) is 23.4 Å². The standard InChI is InChI=1S/C26H29ClN6O4/c1-18-16-28-26(27)30-24(18)29-21-7-5-6-19(14-21)25(34)31(2)17-20-15-22(33(35)36)8-9-23(20)37-13-12-32-10-3-4-11-32/h5-9,14-16H,3-4,10-13,17H2,1-2H3,(H,28,29,30). The van der Waals surface area contributed by atoms with E-state index >= 15 is 0 Å². The second-order valence-corrected chi connectivity index (χ2v) is 9.32. The number of nitrogens with one attached hydrogen (secondary N) is 1. The number of halogens is 1. The lowest BCUT2D eigenvalue weighted by molar-refractivity contribution is -0.385. The lowest BCUT2D eigenvalue weighted by Crippen LogP contribution is -2.27. The van der Waals surface area contributed by atoms with E-state index in [0.717, 1.165) is 25.2 Å². The summed E-state index contributed by atoms with van der Waals surface area (Å²) in [4.78, 5) is 36.2. The third-order valence-corrected chi connectivity index (χ3v) is 6.37. The van der Waals surface area contributed by atoms with Gasteiger partial charge >= 0.3 is 0 Å². The molecule has 0 aliphatic carbocycles. The molecule has 3 aromatic rings. The number of hydrogen-bond acceptors (Lipinski definition) is 8. The number of carbonyl (C=O) groups excluding carboxylic acids is 1. The van der Waals surface area contributed by atoms with Crippen molar-refractivity contribution in [1.82, 2.24) is 19.8 Å². The summed E-state index contributed by atoms with van der Waals surface area (Å²) in [6.45, 7) is 5.39. The zero-order chi connectivity index (χ0) is 26.4. The Hall–Kier alpha value is -3.76. The first-order valence-corrected chi connectivity index (χ1v) is 12.4. The van der Waals surface area contributed by atoms with Crippen LogP contribution in [0.4, 0.5) is 17.2 Å². The highest BCUT2D eigenvalue weighted by atomic mass is 35.5. The number of benzene rings is 2. The number of nitrogens with zero attached hydrogens (tertiary/aromatic N) is 5. The summed E-state index contributed by atoms with van der Waals surface area (Å²) in [6.07, 6.45) is 4.00. The topological polar surface area (TPSA) is 114 Å². The Kier molecular flexibility index (Phi) is 8.52.